The maximum atomic E-state index is 12.1. The van der Waals surface area contributed by atoms with E-state index in [1.54, 1.807) is 30.5 Å². The summed E-state index contributed by atoms with van der Waals surface area (Å²) in [6.07, 6.45) is 4.59. The molecule has 6 heteroatoms. The second kappa shape index (κ2) is 7.70. The fourth-order valence-electron chi connectivity index (χ4n) is 2.11. The fourth-order valence-corrected chi connectivity index (χ4v) is 2.11. The van der Waals surface area contributed by atoms with Gasteiger partial charge in [0, 0.05) is 29.8 Å². The molecule has 1 amide bonds. The number of anilines is 1. The summed E-state index contributed by atoms with van der Waals surface area (Å²) in [5, 5.41) is 2.75. The molecule has 0 aliphatic rings. The van der Waals surface area contributed by atoms with Crippen molar-refractivity contribution in [3.63, 3.8) is 0 Å². The molecule has 1 N–H and O–H groups in total. The summed E-state index contributed by atoms with van der Waals surface area (Å²) in [5.74, 6) is 5.65. The maximum Gasteiger partial charge on any atom is 0.347 e. The molecule has 1 aromatic carbocycles. The smallest absolute Gasteiger partial charge is 0.324 e. The first-order valence-electron chi connectivity index (χ1n) is 7.55. The number of amides is 1. The van der Waals surface area contributed by atoms with E-state index >= 15 is 0 Å². The van der Waals surface area contributed by atoms with Gasteiger partial charge in [0.15, 0.2) is 0 Å². The van der Waals surface area contributed by atoms with Gasteiger partial charge in [0.1, 0.15) is 12.2 Å². The number of carbonyl (C=O) groups is 1. The summed E-state index contributed by atoms with van der Waals surface area (Å²) in [7, 11) is 0. The molecule has 0 saturated carbocycles. The first kappa shape index (κ1) is 16.1. The lowest BCUT2D eigenvalue weighted by Gasteiger charge is -2.07. The molecule has 0 spiro atoms. The standard InChI is InChI=1S/C19H14N4O2/c24-18(14-23-12-4-11-21-19(23)25)22-17-7-3-5-15(13-17)8-9-16-6-1-2-10-20-16/h1-7,10-13H,14H2,(H,22,24). The molecule has 2 aromatic heterocycles. The van der Waals surface area contributed by atoms with Gasteiger partial charge in [0.05, 0.1) is 0 Å². The number of benzene rings is 1. The van der Waals surface area contributed by atoms with Crippen LogP contribution < -0.4 is 11.0 Å². The van der Waals surface area contributed by atoms with E-state index in [1.807, 2.05) is 24.3 Å². The van der Waals surface area contributed by atoms with Crippen molar-refractivity contribution in [1.82, 2.24) is 14.5 Å². The monoisotopic (exact) mass is 330 g/mol. The van der Waals surface area contributed by atoms with Crippen LogP contribution in [0.5, 0.6) is 0 Å². The van der Waals surface area contributed by atoms with Crippen molar-refractivity contribution in [2.75, 3.05) is 5.32 Å². The molecule has 0 aliphatic heterocycles. The third kappa shape index (κ3) is 4.62. The molecule has 0 bridgehead atoms. The Labute approximate surface area is 144 Å². The van der Waals surface area contributed by atoms with Gasteiger partial charge in [-0.3, -0.25) is 9.36 Å². The fraction of sp³-hybridized carbons (Fsp3) is 0.0526. The van der Waals surface area contributed by atoms with Gasteiger partial charge in [0.2, 0.25) is 5.91 Å². The van der Waals surface area contributed by atoms with Crippen molar-refractivity contribution in [1.29, 1.82) is 0 Å². The zero-order valence-electron chi connectivity index (χ0n) is 13.2. The van der Waals surface area contributed by atoms with Crippen LogP contribution in [0, 0.1) is 11.8 Å². The first-order valence-corrected chi connectivity index (χ1v) is 7.55. The minimum absolute atomic E-state index is 0.101. The molecule has 0 fully saturated rings. The summed E-state index contributed by atoms with van der Waals surface area (Å²) in [6.45, 7) is -0.101. The zero-order valence-corrected chi connectivity index (χ0v) is 13.2. The Hall–Kier alpha value is -3.72. The van der Waals surface area contributed by atoms with Gasteiger partial charge in [-0.05, 0) is 42.3 Å². The number of aromatic nitrogens is 3. The maximum absolute atomic E-state index is 12.1. The summed E-state index contributed by atoms with van der Waals surface area (Å²) >= 11 is 0. The lowest BCUT2D eigenvalue weighted by Crippen LogP contribution is -2.28. The molecule has 122 valence electrons. The lowest BCUT2D eigenvalue weighted by molar-refractivity contribution is -0.116. The second-order valence-electron chi connectivity index (χ2n) is 5.12. The van der Waals surface area contributed by atoms with E-state index in [0.29, 0.717) is 11.4 Å². The predicted octanol–water partition coefficient (Wildman–Crippen LogP) is 1.68. The molecule has 3 rings (SSSR count). The van der Waals surface area contributed by atoms with Crippen molar-refractivity contribution in [3.05, 3.63) is 88.9 Å². The van der Waals surface area contributed by atoms with Gasteiger partial charge >= 0.3 is 5.69 Å². The number of nitrogens with zero attached hydrogens (tertiary/aromatic N) is 3. The molecule has 6 nitrogen and oxygen atoms in total. The molecular weight excluding hydrogens is 316 g/mol. The Morgan fingerprint density at radius 3 is 2.72 bits per heavy atom. The van der Waals surface area contributed by atoms with Crippen molar-refractivity contribution in [2.24, 2.45) is 0 Å². The molecule has 0 radical (unpaired) electrons. The molecule has 0 saturated heterocycles. The van der Waals surface area contributed by atoms with Crippen LogP contribution in [0.15, 0.2) is 71.9 Å². The summed E-state index contributed by atoms with van der Waals surface area (Å²) in [4.78, 5) is 31.4. The van der Waals surface area contributed by atoms with E-state index in [4.69, 9.17) is 0 Å². The normalized spacial score (nSPS) is 9.76. The van der Waals surface area contributed by atoms with Crippen LogP contribution in [0.3, 0.4) is 0 Å². The highest BCUT2D eigenvalue weighted by Gasteiger charge is 2.05. The summed E-state index contributed by atoms with van der Waals surface area (Å²) < 4.78 is 1.24. The van der Waals surface area contributed by atoms with E-state index in [2.05, 4.69) is 27.1 Å². The Kier molecular flexibility index (Phi) is 4.98. The van der Waals surface area contributed by atoms with Gasteiger partial charge in [-0.1, -0.05) is 18.1 Å². The van der Waals surface area contributed by atoms with E-state index in [-0.39, 0.29) is 12.5 Å². The van der Waals surface area contributed by atoms with Crippen LogP contribution in [0.2, 0.25) is 0 Å². The SMILES string of the molecule is O=C(Cn1cccnc1=O)Nc1cccc(C#Cc2ccccn2)c1. The van der Waals surface area contributed by atoms with Crippen LogP contribution in [0.25, 0.3) is 0 Å². The Balaban J connectivity index is 1.70. The highest BCUT2D eigenvalue weighted by Crippen LogP contribution is 2.10. The molecular formula is C19H14N4O2. The molecule has 3 aromatic rings. The summed E-state index contributed by atoms with van der Waals surface area (Å²) in [5.41, 5.74) is 1.57. The molecule has 0 aliphatic carbocycles. The predicted molar refractivity (Wildman–Crippen MR) is 93.8 cm³/mol. The first-order chi connectivity index (χ1) is 12.2. The van der Waals surface area contributed by atoms with E-state index < -0.39 is 5.69 Å². The average Bonchev–Trinajstić information content (AvgIpc) is 2.63. The molecule has 0 unspecified atom stereocenters. The van der Waals surface area contributed by atoms with Crippen molar-refractivity contribution < 1.29 is 4.79 Å². The quantitative estimate of drug-likeness (QED) is 0.741. The number of hydrogen-bond acceptors (Lipinski definition) is 4. The highest BCUT2D eigenvalue weighted by atomic mass is 16.2. The van der Waals surface area contributed by atoms with E-state index in [9.17, 15) is 9.59 Å². The van der Waals surface area contributed by atoms with E-state index in [1.165, 1.54) is 17.0 Å². The van der Waals surface area contributed by atoms with Crippen LogP contribution in [0.4, 0.5) is 5.69 Å². The Morgan fingerprint density at radius 2 is 1.92 bits per heavy atom. The van der Waals surface area contributed by atoms with Crippen molar-refractivity contribution in [3.8, 4) is 11.8 Å². The largest absolute Gasteiger partial charge is 0.347 e. The molecule has 0 atom stereocenters. The Morgan fingerprint density at radius 1 is 1.04 bits per heavy atom. The zero-order chi connectivity index (χ0) is 17.5. The minimum Gasteiger partial charge on any atom is -0.324 e. The second-order valence-corrected chi connectivity index (χ2v) is 5.12. The average molecular weight is 330 g/mol. The van der Waals surface area contributed by atoms with Crippen molar-refractivity contribution >= 4 is 11.6 Å². The van der Waals surface area contributed by atoms with Gasteiger partial charge < -0.3 is 5.32 Å². The van der Waals surface area contributed by atoms with Gasteiger partial charge in [0.25, 0.3) is 0 Å². The van der Waals surface area contributed by atoms with Crippen LogP contribution in [-0.2, 0) is 11.3 Å². The third-order valence-corrected chi connectivity index (χ3v) is 3.24. The minimum atomic E-state index is -0.465. The molecule has 2 heterocycles. The number of hydrogen-bond donors (Lipinski definition) is 1. The topological polar surface area (TPSA) is 76.9 Å². The number of rotatable bonds is 3. The molecule has 25 heavy (non-hydrogen) atoms. The number of nitrogens with one attached hydrogen (secondary N) is 1. The van der Waals surface area contributed by atoms with E-state index in [0.717, 1.165) is 5.56 Å². The van der Waals surface area contributed by atoms with Gasteiger partial charge in [-0.15, -0.1) is 0 Å². The number of pyridine rings is 1. The van der Waals surface area contributed by atoms with Gasteiger partial charge in [-0.2, -0.15) is 0 Å². The number of carbonyl (C=O) groups excluding carboxylic acids is 1. The lowest BCUT2D eigenvalue weighted by atomic mass is 10.2. The van der Waals surface area contributed by atoms with Crippen molar-refractivity contribution in [2.45, 2.75) is 6.54 Å². The van der Waals surface area contributed by atoms with Crippen LogP contribution in [-0.4, -0.2) is 20.4 Å². The summed E-state index contributed by atoms with van der Waals surface area (Å²) in [6, 6.07) is 14.3. The van der Waals surface area contributed by atoms with Crippen LogP contribution in [0.1, 0.15) is 11.3 Å². The van der Waals surface area contributed by atoms with Crippen LogP contribution >= 0.6 is 0 Å². The third-order valence-electron chi connectivity index (χ3n) is 3.24. The highest BCUT2D eigenvalue weighted by molar-refractivity contribution is 5.90. The Bertz CT molecular complexity index is 1000. The van der Waals surface area contributed by atoms with Gasteiger partial charge in [-0.25, -0.2) is 14.8 Å².